The Labute approximate surface area is 252 Å². The van der Waals surface area contributed by atoms with E-state index in [1.807, 2.05) is 79.0 Å². The summed E-state index contributed by atoms with van der Waals surface area (Å²) in [6.45, 7) is 0. The second-order valence-electron chi connectivity index (χ2n) is 10.2. The van der Waals surface area contributed by atoms with Gasteiger partial charge in [-0.1, -0.05) is 72.8 Å². The van der Waals surface area contributed by atoms with Gasteiger partial charge in [-0.05, 0) is 54.1 Å². The van der Waals surface area contributed by atoms with Crippen LogP contribution in [0, 0.1) is 0 Å². The minimum atomic E-state index is 0.651. The molecule has 0 aliphatic rings. The second-order valence-corrected chi connectivity index (χ2v) is 11.3. The van der Waals surface area contributed by atoms with E-state index >= 15 is 0 Å². The summed E-state index contributed by atoms with van der Waals surface area (Å²) >= 11 is 1.79. The lowest BCUT2D eigenvalue weighted by Gasteiger charge is -2.08. The molecule has 8 aromatic rings. The Morgan fingerprint density at radius 1 is 0.419 bits per heavy atom. The monoisotopic (exact) mass is 569 g/mol. The van der Waals surface area contributed by atoms with Crippen molar-refractivity contribution >= 4 is 31.5 Å². The maximum absolute atomic E-state index is 4.94. The Morgan fingerprint density at radius 3 is 1.53 bits per heavy atom. The van der Waals surface area contributed by atoms with Crippen LogP contribution in [0.3, 0.4) is 0 Å². The van der Waals surface area contributed by atoms with Gasteiger partial charge in [0, 0.05) is 66.6 Å². The summed E-state index contributed by atoms with van der Waals surface area (Å²) in [6, 6.07) is 41.4. The average Bonchev–Trinajstić information content (AvgIpc) is 3.46. The molecule has 202 valence electrons. The molecule has 0 saturated heterocycles. The van der Waals surface area contributed by atoms with Crippen molar-refractivity contribution in [3.8, 4) is 56.5 Å². The number of hydrogen-bond acceptors (Lipinski definition) is 6. The van der Waals surface area contributed by atoms with Gasteiger partial charge in [0.2, 0.25) is 0 Å². The van der Waals surface area contributed by atoms with Crippen molar-refractivity contribution in [3.05, 3.63) is 140 Å². The first-order valence-corrected chi connectivity index (χ1v) is 14.8. The summed E-state index contributed by atoms with van der Waals surface area (Å²) in [7, 11) is 0. The zero-order valence-electron chi connectivity index (χ0n) is 22.9. The van der Waals surface area contributed by atoms with Gasteiger partial charge in [-0.25, -0.2) is 15.0 Å². The molecule has 6 heteroatoms. The van der Waals surface area contributed by atoms with Crippen molar-refractivity contribution in [2.24, 2.45) is 0 Å². The van der Waals surface area contributed by atoms with Crippen LogP contribution >= 0.6 is 11.3 Å². The Morgan fingerprint density at radius 2 is 0.953 bits per heavy atom. The van der Waals surface area contributed by atoms with Gasteiger partial charge >= 0.3 is 0 Å². The standard InChI is InChI=1S/C37H23N5S/c1-3-7-25(8-4-1)35-40-36(26-9-5-2-6-10-26)42-37(41-35)28-13-16-34-31(22-28)30-21-27(12-15-33(30)43-34)32-14-11-29(23-39-32)24-17-19-38-20-18-24/h1-23H. The van der Waals surface area contributed by atoms with Crippen LogP contribution in [0.25, 0.3) is 76.7 Å². The van der Waals surface area contributed by atoms with Crippen LogP contribution in [0.1, 0.15) is 0 Å². The minimum Gasteiger partial charge on any atom is -0.265 e. The van der Waals surface area contributed by atoms with Crippen molar-refractivity contribution in [2.75, 3.05) is 0 Å². The highest BCUT2D eigenvalue weighted by Gasteiger charge is 2.14. The smallest absolute Gasteiger partial charge is 0.164 e. The minimum absolute atomic E-state index is 0.651. The van der Waals surface area contributed by atoms with Gasteiger partial charge in [-0.2, -0.15) is 0 Å². The van der Waals surface area contributed by atoms with Gasteiger partial charge in [-0.15, -0.1) is 11.3 Å². The van der Waals surface area contributed by atoms with Gasteiger partial charge < -0.3 is 0 Å². The molecule has 43 heavy (non-hydrogen) atoms. The van der Waals surface area contributed by atoms with Crippen LogP contribution in [-0.4, -0.2) is 24.9 Å². The van der Waals surface area contributed by atoms with Crippen LogP contribution in [0.2, 0.25) is 0 Å². The molecule has 0 N–H and O–H groups in total. The zero-order valence-corrected chi connectivity index (χ0v) is 23.7. The fourth-order valence-electron chi connectivity index (χ4n) is 5.29. The largest absolute Gasteiger partial charge is 0.265 e. The first-order valence-electron chi connectivity index (χ1n) is 14.0. The molecule has 5 nitrogen and oxygen atoms in total. The van der Waals surface area contributed by atoms with E-state index in [1.54, 1.807) is 23.7 Å². The second kappa shape index (κ2) is 10.7. The Hall–Kier alpha value is -5.59. The summed E-state index contributed by atoms with van der Waals surface area (Å²) in [5.74, 6) is 1.96. The van der Waals surface area contributed by atoms with Gasteiger partial charge in [-0.3, -0.25) is 9.97 Å². The first-order chi connectivity index (χ1) is 21.3. The number of nitrogens with zero attached hydrogens (tertiary/aromatic N) is 5. The Balaban J connectivity index is 1.23. The van der Waals surface area contributed by atoms with Crippen LogP contribution in [-0.2, 0) is 0 Å². The molecule has 0 aliphatic carbocycles. The molecular weight excluding hydrogens is 547 g/mol. The Bertz CT molecular complexity index is 2150. The molecule has 0 unspecified atom stereocenters. The summed E-state index contributed by atoms with van der Waals surface area (Å²) in [5.41, 5.74) is 7.05. The fourth-order valence-corrected chi connectivity index (χ4v) is 6.36. The highest BCUT2D eigenvalue weighted by Crippen LogP contribution is 2.38. The third kappa shape index (κ3) is 4.84. The lowest BCUT2D eigenvalue weighted by Crippen LogP contribution is -2.00. The molecule has 0 bridgehead atoms. The van der Waals surface area contributed by atoms with E-state index in [0.717, 1.165) is 39.1 Å². The molecule has 8 rings (SSSR count). The topological polar surface area (TPSA) is 64.5 Å². The first kappa shape index (κ1) is 25.1. The predicted molar refractivity (Wildman–Crippen MR) is 175 cm³/mol. The van der Waals surface area contributed by atoms with Gasteiger partial charge in [0.1, 0.15) is 0 Å². The predicted octanol–water partition coefficient (Wildman–Crippen LogP) is 9.36. The van der Waals surface area contributed by atoms with Gasteiger partial charge in [0.25, 0.3) is 0 Å². The normalized spacial score (nSPS) is 11.3. The maximum atomic E-state index is 4.94. The van der Waals surface area contributed by atoms with E-state index < -0.39 is 0 Å². The molecule has 0 aliphatic heterocycles. The molecular formula is C37H23N5S. The molecule has 4 aromatic heterocycles. The van der Waals surface area contributed by atoms with Gasteiger partial charge in [0.15, 0.2) is 17.5 Å². The number of benzene rings is 4. The van der Waals surface area contributed by atoms with E-state index in [-0.39, 0.29) is 0 Å². The number of aromatic nitrogens is 5. The van der Waals surface area contributed by atoms with Crippen LogP contribution in [0.4, 0.5) is 0 Å². The number of pyridine rings is 2. The molecule has 0 atom stereocenters. The lowest BCUT2D eigenvalue weighted by atomic mass is 10.0. The molecule has 0 amide bonds. The summed E-state index contributed by atoms with van der Waals surface area (Å²) in [5, 5.41) is 2.37. The number of rotatable bonds is 5. The average molecular weight is 570 g/mol. The van der Waals surface area contributed by atoms with E-state index in [9.17, 15) is 0 Å². The maximum Gasteiger partial charge on any atom is 0.164 e. The number of fused-ring (bicyclic) bond motifs is 3. The molecule has 4 heterocycles. The van der Waals surface area contributed by atoms with E-state index in [2.05, 4.69) is 53.5 Å². The zero-order chi connectivity index (χ0) is 28.6. The number of thiophene rings is 1. The SMILES string of the molecule is c1ccc(-c2nc(-c3ccccc3)nc(-c3ccc4sc5ccc(-c6ccc(-c7ccncc7)cn6)cc5c4c3)n2)cc1. The summed E-state index contributed by atoms with van der Waals surface area (Å²) in [4.78, 5) is 23.6. The highest BCUT2D eigenvalue weighted by molar-refractivity contribution is 7.25. The number of hydrogen-bond donors (Lipinski definition) is 0. The van der Waals surface area contributed by atoms with Crippen LogP contribution in [0.5, 0.6) is 0 Å². The van der Waals surface area contributed by atoms with E-state index in [1.165, 1.54) is 20.2 Å². The van der Waals surface area contributed by atoms with Crippen LogP contribution < -0.4 is 0 Å². The van der Waals surface area contributed by atoms with Crippen molar-refractivity contribution in [1.82, 2.24) is 24.9 Å². The molecule has 0 spiro atoms. The quantitative estimate of drug-likeness (QED) is 0.207. The Kier molecular flexibility index (Phi) is 6.24. The van der Waals surface area contributed by atoms with Gasteiger partial charge in [0.05, 0.1) is 5.69 Å². The lowest BCUT2D eigenvalue weighted by molar-refractivity contribution is 1.07. The fraction of sp³-hybridized carbons (Fsp3) is 0. The van der Waals surface area contributed by atoms with E-state index in [0.29, 0.717) is 17.5 Å². The molecule has 0 radical (unpaired) electrons. The van der Waals surface area contributed by atoms with Crippen molar-refractivity contribution in [3.63, 3.8) is 0 Å². The van der Waals surface area contributed by atoms with Crippen molar-refractivity contribution in [2.45, 2.75) is 0 Å². The molecule has 0 fully saturated rings. The molecule has 0 saturated carbocycles. The summed E-state index contributed by atoms with van der Waals surface area (Å²) < 4.78 is 2.45. The van der Waals surface area contributed by atoms with Crippen LogP contribution in [0.15, 0.2) is 140 Å². The summed E-state index contributed by atoms with van der Waals surface area (Å²) in [6.07, 6.45) is 5.53. The third-order valence-corrected chi connectivity index (χ3v) is 8.65. The highest BCUT2D eigenvalue weighted by atomic mass is 32.1. The molecule has 4 aromatic carbocycles. The van der Waals surface area contributed by atoms with E-state index in [4.69, 9.17) is 19.9 Å². The van der Waals surface area contributed by atoms with Crippen molar-refractivity contribution < 1.29 is 0 Å². The van der Waals surface area contributed by atoms with Crippen molar-refractivity contribution in [1.29, 1.82) is 0 Å². The third-order valence-electron chi connectivity index (χ3n) is 7.50.